The smallest absolute Gasteiger partial charge is 0.340 e. The number of aromatic nitrogens is 2. The Bertz CT molecular complexity index is 538. The molecule has 0 unspecified atom stereocenters. The van der Waals surface area contributed by atoms with E-state index in [1.807, 2.05) is 19.1 Å². The van der Waals surface area contributed by atoms with Crippen molar-refractivity contribution in [3.05, 3.63) is 47.9 Å². The molecular formula is C13H12N2O2. The highest BCUT2D eigenvalue weighted by atomic mass is 16.5. The molecule has 86 valence electrons. The lowest BCUT2D eigenvalue weighted by atomic mass is 10.0. The topological polar surface area (TPSA) is 52.1 Å². The van der Waals surface area contributed by atoms with Crippen LogP contribution < -0.4 is 0 Å². The number of ether oxygens (including phenoxy) is 1. The molecule has 0 aliphatic rings. The van der Waals surface area contributed by atoms with Gasteiger partial charge in [0, 0.05) is 24.2 Å². The molecule has 0 spiro atoms. The number of carbonyl (C=O) groups is 1. The molecule has 0 atom stereocenters. The Labute approximate surface area is 99.3 Å². The summed E-state index contributed by atoms with van der Waals surface area (Å²) in [6, 6.07) is 5.42. The number of esters is 1. The van der Waals surface area contributed by atoms with Gasteiger partial charge in [0.2, 0.25) is 0 Å². The summed E-state index contributed by atoms with van der Waals surface area (Å²) in [5, 5.41) is 0. The van der Waals surface area contributed by atoms with Gasteiger partial charge in [0.05, 0.1) is 18.4 Å². The van der Waals surface area contributed by atoms with Crippen LogP contribution in [0.3, 0.4) is 0 Å². The van der Waals surface area contributed by atoms with Gasteiger partial charge in [0.25, 0.3) is 0 Å². The van der Waals surface area contributed by atoms with Crippen LogP contribution in [0, 0.1) is 6.92 Å². The molecule has 0 aliphatic heterocycles. The quantitative estimate of drug-likeness (QED) is 0.740. The van der Waals surface area contributed by atoms with Crippen molar-refractivity contribution in [3.8, 4) is 11.3 Å². The molecule has 0 amide bonds. The number of hydrogen-bond acceptors (Lipinski definition) is 4. The fourth-order valence-corrected chi connectivity index (χ4v) is 1.65. The molecule has 0 N–H and O–H groups in total. The van der Waals surface area contributed by atoms with Gasteiger partial charge < -0.3 is 4.74 Å². The Kier molecular flexibility index (Phi) is 3.14. The number of aryl methyl sites for hydroxylation is 1. The van der Waals surface area contributed by atoms with Gasteiger partial charge in [-0.05, 0) is 30.7 Å². The van der Waals surface area contributed by atoms with E-state index in [1.165, 1.54) is 7.11 Å². The lowest BCUT2D eigenvalue weighted by molar-refractivity contribution is 0.0600. The summed E-state index contributed by atoms with van der Waals surface area (Å²) in [6.45, 7) is 1.86. The van der Waals surface area contributed by atoms with Crippen molar-refractivity contribution in [3.63, 3.8) is 0 Å². The zero-order valence-corrected chi connectivity index (χ0v) is 9.68. The van der Waals surface area contributed by atoms with Crippen LogP contribution in [-0.4, -0.2) is 23.0 Å². The van der Waals surface area contributed by atoms with Crippen LogP contribution in [0.4, 0.5) is 0 Å². The predicted molar refractivity (Wildman–Crippen MR) is 63.5 cm³/mol. The Morgan fingerprint density at radius 2 is 1.88 bits per heavy atom. The van der Waals surface area contributed by atoms with E-state index in [-0.39, 0.29) is 5.97 Å². The van der Waals surface area contributed by atoms with Gasteiger partial charge >= 0.3 is 5.97 Å². The van der Waals surface area contributed by atoms with E-state index in [4.69, 9.17) is 4.74 Å². The maximum Gasteiger partial charge on any atom is 0.340 e. The molecular weight excluding hydrogens is 216 g/mol. The van der Waals surface area contributed by atoms with Crippen LogP contribution >= 0.6 is 0 Å². The Balaban J connectivity index is 2.62. The monoisotopic (exact) mass is 228 g/mol. The summed E-state index contributed by atoms with van der Waals surface area (Å²) in [7, 11) is 1.37. The zero-order valence-electron chi connectivity index (χ0n) is 9.68. The van der Waals surface area contributed by atoms with Crippen LogP contribution in [0.5, 0.6) is 0 Å². The Hall–Kier alpha value is -2.23. The molecule has 0 aliphatic carbocycles. The molecule has 0 aromatic carbocycles. The predicted octanol–water partition coefficient (Wildman–Crippen LogP) is 2.24. The van der Waals surface area contributed by atoms with Crippen LogP contribution in [0.1, 0.15) is 15.9 Å². The minimum Gasteiger partial charge on any atom is -0.465 e. The molecule has 2 rings (SSSR count). The fraction of sp³-hybridized carbons (Fsp3) is 0.154. The van der Waals surface area contributed by atoms with E-state index in [0.29, 0.717) is 11.3 Å². The molecule has 17 heavy (non-hydrogen) atoms. The van der Waals surface area contributed by atoms with Gasteiger partial charge in [-0.25, -0.2) is 4.79 Å². The first-order chi connectivity index (χ1) is 8.24. The van der Waals surface area contributed by atoms with Crippen molar-refractivity contribution < 1.29 is 9.53 Å². The largest absolute Gasteiger partial charge is 0.465 e. The van der Waals surface area contributed by atoms with Gasteiger partial charge in [-0.2, -0.15) is 0 Å². The van der Waals surface area contributed by atoms with Crippen molar-refractivity contribution >= 4 is 5.97 Å². The average Bonchev–Trinajstić information content (AvgIpc) is 2.38. The summed E-state index contributed by atoms with van der Waals surface area (Å²) in [4.78, 5) is 19.9. The first kappa shape index (κ1) is 11.3. The number of methoxy groups -OCH3 is 1. The Morgan fingerprint density at radius 3 is 2.53 bits per heavy atom. The second kappa shape index (κ2) is 4.74. The molecule has 0 saturated carbocycles. The number of pyridine rings is 2. The number of nitrogens with zero attached hydrogens (tertiary/aromatic N) is 2. The van der Waals surface area contributed by atoms with Crippen molar-refractivity contribution in [1.82, 2.24) is 9.97 Å². The van der Waals surface area contributed by atoms with Crippen LogP contribution in [0.25, 0.3) is 11.3 Å². The molecule has 2 aromatic rings. The van der Waals surface area contributed by atoms with E-state index in [9.17, 15) is 4.79 Å². The highest BCUT2D eigenvalue weighted by molar-refractivity contribution is 5.97. The SMILES string of the molecule is COC(=O)c1c(C)ccnc1-c1ccncc1. The summed E-state index contributed by atoms with van der Waals surface area (Å²) in [6.07, 6.45) is 5.01. The third kappa shape index (κ3) is 2.15. The minimum absolute atomic E-state index is 0.373. The molecule has 2 aromatic heterocycles. The summed E-state index contributed by atoms with van der Waals surface area (Å²) in [5.74, 6) is -0.373. The molecule has 2 heterocycles. The molecule has 0 radical (unpaired) electrons. The minimum atomic E-state index is -0.373. The number of hydrogen-bond donors (Lipinski definition) is 0. The summed E-state index contributed by atoms with van der Waals surface area (Å²) < 4.78 is 4.78. The first-order valence-electron chi connectivity index (χ1n) is 5.18. The highest BCUT2D eigenvalue weighted by Crippen LogP contribution is 2.23. The van der Waals surface area contributed by atoms with E-state index >= 15 is 0 Å². The van der Waals surface area contributed by atoms with Crippen LogP contribution in [0.2, 0.25) is 0 Å². The molecule has 0 saturated heterocycles. The van der Waals surface area contributed by atoms with E-state index in [0.717, 1.165) is 11.1 Å². The lowest BCUT2D eigenvalue weighted by Gasteiger charge is -2.09. The molecule has 4 nitrogen and oxygen atoms in total. The second-order valence-electron chi connectivity index (χ2n) is 3.58. The normalized spacial score (nSPS) is 10.0. The van der Waals surface area contributed by atoms with Crippen molar-refractivity contribution in [2.75, 3.05) is 7.11 Å². The number of carbonyl (C=O) groups excluding carboxylic acids is 1. The van der Waals surface area contributed by atoms with Gasteiger partial charge in [-0.3, -0.25) is 9.97 Å². The summed E-state index contributed by atoms with van der Waals surface area (Å²) in [5.41, 5.74) is 2.82. The van der Waals surface area contributed by atoms with Gasteiger partial charge in [0.15, 0.2) is 0 Å². The van der Waals surface area contributed by atoms with Crippen LogP contribution in [-0.2, 0) is 4.74 Å². The second-order valence-corrected chi connectivity index (χ2v) is 3.58. The van der Waals surface area contributed by atoms with Crippen molar-refractivity contribution in [2.24, 2.45) is 0 Å². The highest BCUT2D eigenvalue weighted by Gasteiger charge is 2.16. The van der Waals surface area contributed by atoms with Gasteiger partial charge in [0.1, 0.15) is 0 Å². The van der Waals surface area contributed by atoms with E-state index in [1.54, 1.807) is 24.7 Å². The van der Waals surface area contributed by atoms with Crippen molar-refractivity contribution in [1.29, 1.82) is 0 Å². The zero-order chi connectivity index (χ0) is 12.3. The van der Waals surface area contributed by atoms with E-state index in [2.05, 4.69) is 9.97 Å². The van der Waals surface area contributed by atoms with Crippen molar-refractivity contribution in [2.45, 2.75) is 6.92 Å². The fourth-order valence-electron chi connectivity index (χ4n) is 1.65. The van der Waals surface area contributed by atoms with Gasteiger partial charge in [-0.15, -0.1) is 0 Å². The molecule has 0 fully saturated rings. The summed E-state index contributed by atoms with van der Waals surface area (Å²) >= 11 is 0. The standard InChI is InChI=1S/C13H12N2O2/c1-9-3-8-15-12(11(9)13(16)17-2)10-4-6-14-7-5-10/h3-8H,1-2H3. The van der Waals surface area contributed by atoms with Gasteiger partial charge in [-0.1, -0.05) is 0 Å². The third-order valence-electron chi connectivity index (χ3n) is 2.50. The third-order valence-corrected chi connectivity index (χ3v) is 2.50. The van der Waals surface area contributed by atoms with E-state index < -0.39 is 0 Å². The maximum atomic E-state index is 11.8. The number of rotatable bonds is 2. The Morgan fingerprint density at radius 1 is 1.18 bits per heavy atom. The maximum absolute atomic E-state index is 11.8. The lowest BCUT2D eigenvalue weighted by Crippen LogP contribution is -2.07. The molecule has 0 bridgehead atoms. The first-order valence-corrected chi connectivity index (χ1v) is 5.18. The average molecular weight is 228 g/mol. The van der Waals surface area contributed by atoms with Crippen LogP contribution in [0.15, 0.2) is 36.8 Å². The molecule has 4 heteroatoms.